The molecule has 1 aromatic heterocycles. The maximum Gasteiger partial charge on any atom is 0.222 e. The molecular formula is C12H18N2O2S. The Morgan fingerprint density at radius 2 is 2.65 bits per heavy atom. The molecule has 0 aliphatic carbocycles. The van der Waals surface area contributed by atoms with E-state index in [2.05, 4.69) is 10.6 Å². The predicted octanol–water partition coefficient (Wildman–Crippen LogP) is 1.55. The van der Waals surface area contributed by atoms with E-state index in [9.17, 15) is 4.79 Å². The molecule has 0 radical (unpaired) electrons. The largest absolute Gasteiger partial charge is 0.467 e. The van der Waals surface area contributed by atoms with E-state index in [1.54, 1.807) is 6.26 Å². The smallest absolute Gasteiger partial charge is 0.222 e. The van der Waals surface area contributed by atoms with Crippen molar-refractivity contribution in [3.05, 3.63) is 24.2 Å². The van der Waals surface area contributed by atoms with Crippen LogP contribution in [0.15, 0.2) is 22.8 Å². The average Bonchev–Trinajstić information content (AvgIpc) is 2.83. The van der Waals surface area contributed by atoms with Crippen molar-refractivity contribution >= 4 is 17.7 Å². The lowest BCUT2D eigenvalue weighted by atomic mass is 10.2. The Morgan fingerprint density at radius 1 is 1.76 bits per heavy atom. The lowest BCUT2D eigenvalue weighted by Crippen LogP contribution is -2.41. The Bertz CT molecular complexity index is 347. The number of hydrogen-bond acceptors (Lipinski definition) is 4. The second-order valence-corrected chi connectivity index (χ2v) is 5.38. The van der Waals surface area contributed by atoms with E-state index < -0.39 is 0 Å². The van der Waals surface area contributed by atoms with Crippen LogP contribution in [0.5, 0.6) is 0 Å². The summed E-state index contributed by atoms with van der Waals surface area (Å²) in [6.45, 7) is 2.93. The minimum absolute atomic E-state index is 0.0613. The third-order valence-electron chi connectivity index (χ3n) is 2.78. The molecule has 1 aromatic rings. The van der Waals surface area contributed by atoms with Crippen LogP contribution in [-0.2, 0) is 4.79 Å². The van der Waals surface area contributed by atoms with Crippen LogP contribution < -0.4 is 10.6 Å². The van der Waals surface area contributed by atoms with Crippen molar-refractivity contribution in [3.63, 3.8) is 0 Å². The van der Waals surface area contributed by atoms with Crippen LogP contribution in [0.3, 0.4) is 0 Å². The SMILES string of the molecule is C[C@H](NC(=O)CC1CSCCN1)c1ccco1. The highest BCUT2D eigenvalue weighted by atomic mass is 32.2. The molecule has 1 unspecified atom stereocenters. The molecular weight excluding hydrogens is 236 g/mol. The highest BCUT2D eigenvalue weighted by Crippen LogP contribution is 2.14. The Balaban J connectivity index is 1.76. The van der Waals surface area contributed by atoms with Gasteiger partial charge in [0.05, 0.1) is 12.3 Å². The van der Waals surface area contributed by atoms with E-state index in [1.165, 1.54) is 0 Å². The lowest BCUT2D eigenvalue weighted by Gasteiger charge is -2.23. The number of amides is 1. The van der Waals surface area contributed by atoms with Crippen LogP contribution in [0.25, 0.3) is 0 Å². The van der Waals surface area contributed by atoms with Crippen molar-refractivity contribution in [2.75, 3.05) is 18.1 Å². The van der Waals surface area contributed by atoms with Crippen molar-refractivity contribution in [2.24, 2.45) is 0 Å². The zero-order chi connectivity index (χ0) is 12.1. The molecule has 94 valence electrons. The monoisotopic (exact) mass is 254 g/mol. The third-order valence-corrected chi connectivity index (χ3v) is 3.91. The van der Waals surface area contributed by atoms with Crippen LogP contribution in [0.2, 0.25) is 0 Å². The van der Waals surface area contributed by atoms with Crippen molar-refractivity contribution in [3.8, 4) is 0 Å². The summed E-state index contributed by atoms with van der Waals surface area (Å²) in [5.41, 5.74) is 0. The first kappa shape index (κ1) is 12.5. The molecule has 1 fully saturated rings. The molecule has 0 bridgehead atoms. The minimum Gasteiger partial charge on any atom is -0.467 e. The van der Waals surface area contributed by atoms with Gasteiger partial charge in [-0.05, 0) is 19.1 Å². The first-order valence-corrected chi connectivity index (χ1v) is 7.05. The molecule has 1 aliphatic rings. The summed E-state index contributed by atoms with van der Waals surface area (Å²) in [7, 11) is 0. The minimum atomic E-state index is -0.0613. The number of rotatable bonds is 4. The number of carbonyl (C=O) groups is 1. The predicted molar refractivity (Wildman–Crippen MR) is 69.0 cm³/mol. The molecule has 2 rings (SSSR count). The molecule has 4 nitrogen and oxygen atoms in total. The summed E-state index contributed by atoms with van der Waals surface area (Å²) in [5, 5.41) is 6.30. The summed E-state index contributed by atoms with van der Waals surface area (Å²) in [5.74, 6) is 3.03. The first-order valence-electron chi connectivity index (χ1n) is 5.89. The fourth-order valence-electron chi connectivity index (χ4n) is 1.88. The quantitative estimate of drug-likeness (QED) is 0.856. The average molecular weight is 254 g/mol. The van der Waals surface area contributed by atoms with E-state index in [0.717, 1.165) is 23.8 Å². The van der Waals surface area contributed by atoms with Crippen molar-refractivity contribution in [2.45, 2.75) is 25.4 Å². The van der Waals surface area contributed by atoms with E-state index in [0.29, 0.717) is 12.5 Å². The summed E-state index contributed by atoms with van der Waals surface area (Å²) in [6, 6.07) is 3.95. The van der Waals surface area contributed by atoms with Gasteiger partial charge in [0.2, 0.25) is 5.91 Å². The maximum absolute atomic E-state index is 11.8. The van der Waals surface area contributed by atoms with Crippen molar-refractivity contribution in [1.82, 2.24) is 10.6 Å². The van der Waals surface area contributed by atoms with Gasteiger partial charge >= 0.3 is 0 Å². The second-order valence-electron chi connectivity index (χ2n) is 4.23. The van der Waals surface area contributed by atoms with Gasteiger partial charge in [-0.3, -0.25) is 4.79 Å². The fourth-order valence-corrected chi connectivity index (χ4v) is 2.83. The van der Waals surface area contributed by atoms with Crippen LogP contribution in [0.1, 0.15) is 25.1 Å². The van der Waals surface area contributed by atoms with Gasteiger partial charge in [0.25, 0.3) is 0 Å². The molecule has 1 aliphatic heterocycles. The van der Waals surface area contributed by atoms with Gasteiger partial charge < -0.3 is 15.1 Å². The van der Waals surface area contributed by atoms with Gasteiger partial charge in [-0.25, -0.2) is 0 Å². The standard InChI is InChI=1S/C12H18N2O2S/c1-9(11-3-2-5-16-11)14-12(15)7-10-8-17-6-4-13-10/h2-3,5,9-10,13H,4,6-8H2,1H3,(H,14,15)/t9-,10?/m0/s1. The van der Waals surface area contributed by atoms with E-state index in [1.807, 2.05) is 30.8 Å². The van der Waals surface area contributed by atoms with E-state index >= 15 is 0 Å². The summed E-state index contributed by atoms with van der Waals surface area (Å²) < 4.78 is 5.25. The summed E-state index contributed by atoms with van der Waals surface area (Å²) >= 11 is 1.90. The number of hydrogen-bond donors (Lipinski definition) is 2. The molecule has 1 saturated heterocycles. The zero-order valence-corrected chi connectivity index (χ0v) is 10.8. The number of thioether (sulfide) groups is 1. The Hall–Kier alpha value is -0.940. The maximum atomic E-state index is 11.8. The van der Waals surface area contributed by atoms with Gasteiger partial charge in [-0.2, -0.15) is 11.8 Å². The van der Waals surface area contributed by atoms with Crippen LogP contribution in [-0.4, -0.2) is 30.0 Å². The Kier molecular flexibility index (Phi) is 4.50. The molecule has 0 aromatic carbocycles. The number of furan rings is 1. The topological polar surface area (TPSA) is 54.3 Å². The first-order chi connectivity index (χ1) is 8.25. The molecule has 2 atom stereocenters. The highest BCUT2D eigenvalue weighted by molar-refractivity contribution is 7.99. The van der Waals surface area contributed by atoms with Gasteiger partial charge in [0.1, 0.15) is 5.76 Å². The van der Waals surface area contributed by atoms with Crippen molar-refractivity contribution < 1.29 is 9.21 Å². The molecule has 2 heterocycles. The van der Waals surface area contributed by atoms with Crippen LogP contribution in [0.4, 0.5) is 0 Å². The molecule has 5 heteroatoms. The lowest BCUT2D eigenvalue weighted by molar-refractivity contribution is -0.122. The molecule has 1 amide bonds. The summed E-state index contributed by atoms with van der Waals surface area (Å²) in [4.78, 5) is 11.8. The van der Waals surface area contributed by atoms with Gasteiger partial charge in [0.15, 0.2) is 0 Å². The number of nitrogens with one attached hydrogen (secondary N) is 2. The zero-order valence-electron chi connectivity index (χ0n) is 9.94. The fraction of sp³-hybridized carbons (Fsp3) is 0.583. The Morgan fingerprint density at radius 3 is 3.29 bits per heavy atom. The van der Waals surface area contributed by atoms with E-state index in [-0.39, 0.29) is 11.9 Å². The van der Waals surface area contributed by atoms with Gasteiger partial charge in [-0.15, -0.1) is 0 Å². The summed E-state index contributed by atoms with van der Waals surface area (Å²) in [6.07, 6.45) is 2.16. The highest BCUT2D eigenvalue weighted by Gasteiger charge is 2.18. The van der Waals surface area contributed by atoms with Gasteiger partial charge in [-0.1, -0.05) is 0 Å². The normalized spacial score (nSPS) is 22.1. The van der Waals surface area contributed by atoms with Crippen molar-refractivity contribution in [1.29, 1.82) is 0 Å². The van der Waals surface area contributed by atoms with Crippen LogP contribution in [0, 0.1) is 0 Å². The third kappa shape index (κ3) is 3.78. The second kappa shape index (κ2) is 6.12. The molecule has 17 heavy (non-hydrogen) atoms. The number of carbonyl (C=O) groups excluding carboxylic acids is 1. The molecule has 2 N–H and O–H groups in total. The Labute approximate surface area is 106 Å². The molecule has 0 spiro atoms. The van der Waals surface area contributed by atoms with Crippen LogP contribution >= 0.6 is 11.8 Å². The van der Waals surface area contributed by atoms with Gasteiger partial charge in [0, 0.05) is 30.5 Å². The van der Waals surface area contributed by atoms with E-state index in [4.69, 9.17) is 4.42 Å². The molecule has 0 saturated carbocycles.